The third-order valence-corrected chi connectivity index (χ3v) is 3.92. The highest BCUT2D eigenvalue weighted by atomic mass is 16.3. The number of hydrogen-bond donors (Lipinski definition) is 3. The minimum atomic E-state index is -0.311. The lowest BCUT2D eigenvalue weighted by Gasteiger charge is -2.31. The van der Waals surface area contributed by atoms with Gasteiger partial charge in [0.2, 0.25) is 5.91 Å². The maximum Gasteiger partial charge on any atom is 0.224 e. The number of hydrogen-bond acceptors (Lipinski definition) is 3. The SMILES string of the molecule is O=C(NC1(CO)CCCC1)C1CCCNC1. The van der Waals surface area contributed by atoms with E-state index in [4.69, 9.17) is 0 Å². The van der Waals surface area contributed by atoms with Crippen molar-refractivity contribution in [3.63, 3.8) is 0 Å². The molecule has 1 saturated heterocycles. The molecule has 0 aromatic heterocycles. The van der Waals surface area contributed by atoms with Gasteiger partial charge in [-0.1, -0.05) is 12.8 Å². The van der Waals surface area contributed by atoms with Crippen LogP contribution in [0.15, 0.2) is 0 Å². The minimum absolute atomic E-state index is 0.0822. The number of rotatable bonds is 3. The Morgan fingerprint density at radius 1 is 1.38 bits per heavy atom. The second-order valence-electron chi connectivity index (χ2n) is 5.18. The molecule has 2 aliphatic rings. The molecule has 1 atom stereocenters. The summed E-state index contributed by atoms with van der Waals surface area (Å²) < 4.78 is 0. The van der Waals surface area contributed by atoms with Crippen molar-refractivity contribution in [1.29, 1.82) is 0 Å². The summed E-state index contributed by atoms with van der Waals surface area (Å²) in [4.78, 5) is 12.1. The molecule has 1 aliphatic carbocycles. The van der Waals surface area contributed by atoms with Crippen LogP contribution in [0.3, 0.4) is 0 Å². The minimum Gasteiger partial charge on any atom is -0.394 e. The molecule has 1 heterocycles. The molecule has 0 spiro atoms. The van der Waals surface area contributed by atoms with Crippen LogP contribution in [0.4, 0.5) is 0 Å². The summed E-state index contributed by atoms with van der Waals surface area (Å²) in [6.45, 7) is 1.89. The fraction of sp³-hybridized carbons (Fsp3) is 0.917. The largest absolute Gasteiger partial charge is 0.394 e. The van der Waals surface area contributed by atoms with E-state index in [1.807, 2.05) is 0 Å². The normalized spacial score (nSPS) is 28.9. The average molecular weight is 226 g/mol. The molecule has 1 unspecified atom stereocenters. The summed E-state index contributed by atoms with van der Waals surface area (Å²) in [6, 6.07) is 0. The van der Waals surface area contributed by atoms with Gasteiger partial charge in [-0.15, -0.1) is 0 Å². The predicted molar refractivity (Wildman–Crippen MR) is 62.0 cm³/mol. The number of piperidine rings is 1. The maximum absolute atomic E-state index is 12.1. The van der Waals surface area contributed by atoms with E-state index in [-0.39, 0.29) is 24.0 Å². The molecule has 3 N–H and O–H groups in total. The molecule has 1 amide bonds. The molecule has 1 saturated carbocycles. The molecule has 16 heavy (non-hydrogen) atoms. The molecule has 0 radical (unpaired) electrons. The van der Waals surface area contributed by atoms with E-state index in [0.717, 1.165) is 51.6 Å². The van der Waals surface area contributed by atoms with Crippen LogP contribution >= 0.6 is 0 Å². The van der Waals surface area contributed by atoms with Crippen LogP contribution < -0.4 is 10.6 Å². The van der Waals surface area contributed by atoms with E-state index in [2.05, 4.69) is 10.6 Å². The molecule has 4 nitrogen and oxygen atoms in total. The molecular weight excluding hydrogens is 204 g/mol. The Morgan fingerprint density at radius 2 is 2.12 bits per heavy atom. The quantitative estimate of drug-likeness (QED) is 0.653. The number of aliphatic hydroxyl groups excluding tert-OH is 1. The second-order valence-corrected chi connectivity index (χ2v) is 5.18. The van der Waals surface area contributed by atoms with Gasteiger partial charge in [0.15, 0.2) is 0 Å². The van der Waals surface area contributed by atoms with Gasteiger partial charge in [-0.2, -0.15) is 0 Å². The molecule has 92 valence electrons. The van der Waals surface area contributed by atoms with Crippen molar-refractivity contribution in [2.45, 2.75) is 44.1 Å². The van der Waals surface area contributed by atoms with Crippen molar-refractivity contribution in [2.75, 3.05) is 19.7 Å². The first kappa shape index (κ1) is 11.9. The average Bonchev–Trinajstić information content (AvgIpc) is 2.79. The summed E-state index contributed by atoms with van der Waals surface area (Å²) >= 11 is 0. The lowest BCUT2D eigenvalue weighted by molar-refractivity contribution is -0.128. The molecule has 2 fully saturated rings. The monoisotopic (exact) mass is 226 g/mol. The summed E-state index contributed by atoms with van der Waals surface area (Å²) in [7, 11) is 0. The van der Waals surface area contributed by atoms with E-state index in [9.17, 15) is 9.90 Å². The molecule has 2 rings (SSSR count). The van der Waals surface area contributed by atoms with Gasteiger partial charge >= 0.3 is 0 Å². The summed E-state index contributed by atoms with van der Waals surface area (Å²) in [5.41, 5.74) is -0.311. The number of aliphatic hydroxyl groups is 1. The molecule has 1 aliphatic heterocycles. The van der Waals surface area contributed by atoms with Crippen LogP contribution in [0, 0.1) is 5.92 Å². The van der Waals surface area contributed by atoms with Crippen molar-refractivity contribution >= 4 is 5.91 Å². The third-order valence-electron chi connectivity index (χ3n) is 3.92. The lowest BCUT2D eigenvalue weighted by atomic mass is 9.94. The number of carbonyl (C=O) groups excluding carboxylic acids is 1. The van der Waals surface area contributed by atoms with Gasteiger partial charge in [0.05, 0.1) is 18.1 Å². The van der Waals surface area contributed by atoms with Gasteiger partial charge in [0.1, 0.15) is 0 Å². The standard InChI is InChI=1S/C12H22N2O2/c15-9-12(5-1-2-6-12)14-11(16)10-4-3-7-13-8-10/h10,13,15H,1-9H2,(H,14,16). The smallest absolute Gasteiger partial charge is 0.224 e. The van der Waals surface area contributed by atoms with Gasteiger partial charge in [0, 0.05) is 6.54 Å². The van der Waals surface area contributed by atoms with Gasteiger partial charge in [-0.3, -0.25) is 4.79 Å². The van der Waals surface area contributed by atoms with Crippen molar-refractivity contribution in [2.24, 2.45) is 5.92 Å². The van der Waals surface area contributed by atoms with E-state index in [1.54, 1.807) is 0 Å². The zero-order valence-electron chi connectivity index (χ0n) is 9.80. The number of amides is 1. The van der Waals surface area contributed by atoms with Crippen LogP contribution in [0.2, 0.25) is 0 Å². The van der Waals surface area contributed by atoms with Crippen molar-refractivity contribution < 1.29 is 9.90 Å². The van der Waals surface area contributed by atoms with Gasteiger partial charge in [-0.25, -0.2) is 0 Å². The number of carbonyl (C=O) groups is 1. The summed E-state index contributed by atoms with van der Waals surface area (Å²) in [5.74, 6) is 0.223. The molecule has 0 aromatic carbocycles. The van der Waals surface area contributed by atoms with Gasteiger partial charge in [0.25, 0.3) is 0 Å². The fourth-order valence-corrected chi connectivity index (χ4v) is 2.81. The Labute approximate surface area is 96.8 Å². The summed E-state index contributed by atoms with van der Waals surface area (Å²) in [5, 5.41) is 15.8. The summed E-state index contributed by atoms with van der Waals surface area (Å²) in [6.07, 6.45) is 6.13. The molecular formula is C12H22N2O2. The van der Waals surface area contributed by atoms with E-state index in [0.29, 0.717) is 0 Å². The molecule has 4 heteroatoms. The lowest BCUT2D eigenvalue weighted by Crippen LogP contribution is -2.53. The Bertz CT molecular complexity index is 243. The Morgan fingerprint density at radius 3 is 2.69 bits per heavy atom. The Kier molecular flexibility index (Phi) is 3.82. The zero-order chi connectivity index (χ0) is 11.4. The van der Waals surface area contributed by atoms with E-state index < -0.39 is 0 Å². The van der Waals surface area contributed by atoms with Crippen LogP contribution in [-0.4, -0.2) is 36.2 Å². The predicted octanol–water partition coefficient (Wildman–Crippen LogP) is 0.407. The van der Waals surface area contributed by atoms with Gasteiger partial charge < -0.3 is 15.7 Å². The highest BCUT2D eigenvalue weighted by Gasteiger charge is 2.36. The van der Waals surface area contributed by atoms with Crippen molar-refractivity contribution in [3.8, 4) is 0 Å². The van der Waals surface area contributed by atoms with E-state index >= 15 is 0 Å². The maximum atomic E-state index is 12.1. The zero-order valence-corrected chi connectivity index (χ0v) is 9.80. The molecule has 0 aromatic rings. The van der Waals surface area contributed by atoms with Gasteiger partial charge in [-0.05, 0) is 32.2 Å². The molecule has 0 bridgehead atoms. The highest BCUT2D eigenvalue weighted by molar-refractivity contribution is 5.79. The first-order valence-electron chi connectivity index (χ1n) is 6.39. The van der Waals surface area contributed by atoms with Crippen LogP contribution in [0.1, 0.15) is 38.5 Å². The Hall–Kier alpha value is -0.610. The topological polar surface area (TPSA) is 61.4 Å². The first-order chi connectivity index (χ1) is 7.76. The first-order valence-corrected chi connectivity index (χ1v) is 6.39. The van der Waals surface area contributed by atoms with Crippen LogP contribution in [-0.2, 0) is 4.79 Å². The highest BCUT2D eigenvalue weighted by Crippen LogP contribution is 2.29. The van der Waals surface area contributed by atoms with E-state index in [1.165, 1.54) is 0 Å². The van der Waals surface area contributed by atoms with Crippen LogP contribution in [0.25, 0.3) is 0 Å². The number of nitrogens with one attached hydrogen (secondary N) is 2. The van der Waals surface area contributed by atoms with Crippen LogP contribution in [0.5, 0.6) is 0 Å². The Balaban J connectivity index is 1.89. The third kappa shape index (κ3) is 2.55. The van der Waals surface area contributed by atoms with Crippen molar-refractivity contribution in [3.05, 3.63) is 0 Å². The second kappa shape index (κ2) is 5.15. The fourth-order valence-electron chi connectivity index (χ4n) is 2.81. The van der Waals surface area contributed by atoms with Crippen molar-refractivity contribution in [1.82, 2.24) is 10.6 Å².